The minimum Gasteiger partial charge on any atom is -0.384 e. The highest BCUT2D eigenvalue weighted by Crippen LogP contribution is 2.22. The number of halogens is 2. The molecule has 0 aromatic carbocycles. The Morgan fingerprint density at radius 2 is 1.89 bits per heavy atom. The van der Waals surface area contributed by atoms with Gasteiger partial charge in [-0.15, -0.1) is 0 Å². The summed E-state index contributed by atoms with van der Waals surface area (Å²) in [7, 11) is 0. The molecule has 0 radical (unpaired) electrons. The predicted molar refractivity (Wildman–Crippen MR) is 139 cm³/mol. The normalized spacial score (nSPS) is 17.6. The predicted octanol–water partition coefficient (Wildman–Crippen LogP) is 2.67. The molecule has 3 N–H and O–H groups in total. The average molecular weight is 529 g/mol. The van der Waals surface area contributed by atoms with Crippen molar-refractivity contribution in [2.24, 2.45) is 0 Å². The van der Waals surface area contributed by atoms with Crippen molar-refractivity contribution in [2.75, 3.05) is 26.2 Å². The molecular weight excluding hydrogens is 494 g/mol. The van der Waals surface area contributed by atoms with Crippen molar-refractivity contribution in [1.82, 2.24) is 35.2 Å². The zero-order chi connectivity index (χ0) is 27.4. The first kappa shape index (κ1) is 27.4. The standard InChI is InChI=1S/C26H34F2N8O2/c1-16(2)36-13-18(11-31-36)21-5-4-6-22(32-21)26(38)33-23(24(29)25(27)28)12-30-19-14-35(15-19)20-7-9-34(10-8-20)17(3)37/h4-6,11-13,16,19-20,25,29-30H,7-10,14-15H2,1-3H3,(H,33,38)/b23-12+,29-24?. The van der Waals surface area contributed by atoms with E-state index < -0.39 is 18.0 Å². The third-order valence-electron chi connectivity index (χ3n) is 6.96. The largest absolute Gasteiger partial charge is 0.384 e. The van der Waals surface area contributed by atoms with Crippen LogP contribution in [0.4, 0.5) is 8.78 Å². The van der Waals surface area contributed by atoms with E-state index in [1.807, 2.05) is 24.9 Å². The summed E-state index contributed by atoms with van der Waals surface area (Å²) in [6, 6.07) is 5.45. The summed E-state index contributed by atoms with van der Waals surface area (Å²) < 4.78 is 28.6. The van der Waals surface area contributed by atoms with Gasteiger partial charge in [-0.25, -0.2) is 13.8 Å². The van der Waals surface area contributed by atoms with Crippen LogP contribution in [0.2, 0.25) is 0 Å². The van der Waals surface area contributed by atoms with E-state index in [1.54, 1.807) is 29.9 Å². The number of amides is 2. The lowest BCUT2D eigenvalue weighted by Gasteiger charge is -2.47. The molecule has 204 valence electrons. The van der Waals surface area contributed by atoms with Crippen molar-refractivity contribution >= 4 is 17.5 Å². The lowest BCUT2D eigenvalue weighted by Crippen LogP contribution is -2.62. The Morgan fingerprint density at radius 1 is 1.18 bits per heavy atom. The molecule has 12 heteroatoms. The van der Waals surface area contributed by atoms with Crippen LogP contribution < -0.4 is 10.6 Å². The molecular formula is C26H34F2N8O2. The lowest BCUT2D eigenvalue weighted by molar-refractivity contribution is -0.130. The van der Waals surface area contributed by atoms with Gasteiger partial charge in [0.25, 0.3) is 12.3 Å². The van der Waals surface area contributed by atoms with Gasteiger partial charge in [0.15, 0.2) is 0 Å². The smallest absolute Gasteiger partial charge is 0.281 e. The van der Waals surface area contributed by atoms with Crippen LogP contribution in [0.25, 0.3) is 11.3 Å². The second-order valence-electron chi connectivity index (χ2n) is 9.99. The molecule has 0 unspecified atom stereocenters. The Labute approximate surface area is 220 Å². The first-order valence-corrected chi connectivity index (χ1v) is 12.8. The first-order valence-electron chi connectivity index (χ1n) is 12.8. The van der Waals surface area contributed by atoms with Gasteiger partial charge in [0, 0.05) is 63.1 Å². The number of carbonyl (C=O) groups is 2. The molecule has 0 saturated carbocycles. The summed E-state index contributed by atoms with van der Waals surface area (Å²) in [5, 5.41) is 17.6. The van der Waals surface area contributed by atoms with Crippen LogP contribution in [0.1, 0.15) is 50.1 Å². The molecule has 2 aliphatic rings. The monoisotopic (exact) mass is 528 g/mol. The van der Waals surface area contributed by atoms with E-state index in [4.69, 9.17) is 5.41 Å². The van der Waals surface area contributed by atoms with Gasteiger partial charge < -0.3 is 15.5 Å². The van der Waals surface area contributed by atoms with Crippen LogP contribution in [0.3, 0.4) is 0 Å². The molecule has 0 atom stereocenters. The second-order valence-corrected chi connectivity index (χ2v) is 9.99. The molecule has 10 nitrogen and oxygen atoms in total. The molecule has 4 heterocycles. The molecule has 38 heavy (non-hydrogen) atoms. The molecule has 2 amide bonds. The van der Waals surface area contributed by atoms with Gasteiger partial charge in [0.1, 0.15) is 11.4 Å². The number of alkyl halides is 2. The minimum absolute atomic E-state index is 0.0113. The Morgan fingerprint density at radius 3 is 2.50 bits per heavy atom. The highest BCUT2D eigenvalue weighted by molar-refractivity contribution is 6.05. The number of nitrogens with zero attached hydrogens (tertiary/aromatic N) is 5. The van der Waals surface area contributed by atoms with Crippen molar-refractivity contribution in [3.05, 3.63) is 48.2 Å². The summed E-state index contributed by atoms with van der Waals surface area (Å²) in [6.07, 6.45) is 3.52. The number of piperidine rings is 1. The number of allylic oxidation sites excluding steroid dienone is 1. The fourth-order valence-electron chi connectivity index (χ4n) is 4.62. The molecule has 2 fully saturated rings. The topological polar surface area (TPSA) is 119 Å². The maximum absolute atomic E-state index is 13.4. The van der Waals surface area contributed by atoms with E-state index in [1.165, 1.54) is 12.3 Å². The summed E-state index contributed by atoms with van der Waals surface area (Å²) in [6.45, 7) is 8.49. The summed E-state index contributed by atoms with van der Waals surface area (Å²) >= 11 is 0. The second kappa shape index (κ2) is 11.8. The minimum atomic E-state index is -3.05. The van der Waals surface area contributed by atoms with Crippen LogP contribution in [0, 0.1) is 5.41 Å². The summed E-state index contributed by atoms with van der Waals surface area (Å²) in [5.41, 5.74) is 0.0268. The first-order chi connectivity index (χ1) is 18.1. The van der Waals surface area contributed by atoms with E-state index in [-0.39, 0.29) is 29.4 Å². The van der Waals surface area contributed by atoms with Crippen LogP contribution in [-0.4, -0.2) is 86.8 Å². The maximum atomic E-state index is 13.4. The number of rotatable bonds is 9. The van der Waals surface area contributed by atoms with Crippen molar-refractivity contribution in [2.45, 2.75) is 58.2 Å². The number of aromatic nitrogens is 3. The molecule has 2 aromatic rings. The Hall–Kier alpha value is -3.67. The van der Waals surface area contributed by atoms with E-state index in [0.717, 1.165) is 44.6 Å². The number of likely N-dealkylation sites (tertiary alicyclic amines) is 2. The Kier molecular flexibility index (Phi) is 8.50. The molecule has 0 aliphatic carbocycles. The van der Waals surface area contributed by atoms with Gasteiger partial charge in [-0.1, -0.05) is 6.07 Å². The third kappa shape index (κ3) is 6.42. The fraction of sp³-hybridized carbons (Fsp3) is 0.500. The van der Waals surface area contributed by atoms with Crippen LogP contribution >= 0.6 is 0 Å². The highest BCUT2D eigenvalue weighted by Gasteiger charge is 2.34. The molecule has 4 rings (SSSR count). The number of hydrogen-bond donors (Lipinski definition) is 3. The van der Waals surface area contributed by atoms with E-state index in [0.29, 0.717) is 11.7 Å². The van der Waals surface area contributed by atoms with Gasteiger partial charge in [0.2, 0.25) is 5.91 Å². The highest BCUT2D eigenvalue weighted by atomic mass is 19.3. The molecule has 2 aromatic heterocycles. The van der Waals surface area contributed by atoms with Crippen molar-refractivity contribution in [3.8, 4) is 11.3 Å². The Bertz CT molecular complexity index is 1200. The van der Waals surface area contributed by atoms with E-state index in [9.17, 15) is 18.4 Å². The van der Waals surface area contributed by atoms with Crippen LogP contribution in [-0.2, 0) is 4.79 Å². The number of pyridine rings is 1. The number of carbonyl (C=O) groups excluding carboxylic acids is 2. The quantitative estimate of drug-likeness (QED) is 0.431. The third-order valence-corrected chi connectivity index (χ3v) is 6.96. The SMILES string of the molecule is CC(=O)N1CCC(N2CC(N/C=C(/NC(=O)c3cccc(-c4cnn(C(C)C)c4)n3)C(=N)C(F)F)C2)CC1. The molecule has 0 spiro atoms. The van der Waals surface area contributed by atoms with Gasteiger partial charge in [-0.05, 0) is 38.8 Å². The van der Waals surface area contributed by atoms with Gasteiger partial charge in [-0.3, -0.25) is 24.6 Å². The van der Waals surface area contributed by atoms with Gasteiger partial charge in [0.05, 0.1) is 23.6 Å². The molecule has 2 saturated heterocycles. The zero-order valence-electron chi connectivity index (χ0n) is 21.8. The van der Waals surface area contributed by atoms with Gasteiger partial charge >= 0.3 is 0 Å². The number of nitrogens with one attached hydrogen (secondary N) is 3. The average Bonchev–Trinajstić information content (AvgIpc) is 3.38. The van der Waals surface area contributed by atoms with Crippen molar-refractivity contribution < 1.29 is 18.4 Å². The van der Waals surface area contributed by atoms with E-state index >= 15 is 0 Å². The summed E-state index contributed by atoms with van der Waals surface area (Å²) in [4.78, 5) is 32.9. The van der Waals surface area contributed by atoms with Crippen molar-refractivity contribution in [1.29, 1.82) is 5.41 Å². The van der Waals surface area contributed by atoms with Crippen LogP contribution in [0.15, 0.2) is 42.5 Å². The van der Waals surface area contributed by atoms with Crippen LogP contribution in [0.5, 0.6) is 0 Å². The number of hydrogen-bond acceptors (Lipinski definition) is 7. The Balaban J connectivity index is 1.37. The lowest BCUT2D eigenvalue weighted by atomic mass is 9.97. The molecule has 0 bridgehead atoms. The fourth-order valence-corrected chi connectivity index (χ4v) is 4.62. The molecule has 2 aliphatic heterocycles. The van der Waals surface area contributed by atoms with E-state index in [2.05, 4.69) is 25.6 Å². The maximum Gasteiger partial charge on any atom is 0.281 e. The van der Waals surface area contributed by atoms with Crippen molar-refractivity contribution in [3.63, 3.8) is 0 Å². The summed E-state index contributed by atoms with van der Waals surface area (Å²) in [5.74, 6) is -0.592. The van der Waals surface area contributed by atoms with Gasteiger partial charge in [-0.2, -0.15) is 5.10 Å². The zero-order valence-corrected chi connectivity index (χ0v) is 21.8.